The summed E-state index contributed by atoms with van der Waals surface area (Å²) in [5.74, 6) is 1.03. The predicted molar refractivity (Wildman–Crippen MR) is 152 cm³/mol. The Balaban J connectivity index is 1.73. The highest BCUT2D eigenvalue weighted by atomic mass is 28.4. The van der Waals surface area contributed by atoms with Gasteiger partial charge in [0, 0.05) is 12.3 Å². The summed E-state index contributed by atoms with van der Waals surface area (Å²) < 4.78 is 18.7. The SMILES string of the molecule is CCC(C)(C)C(=O)OC1CC(C)C=C2C=CC(C)C(CCC3CC(O[Si](C)(C)C(C)(C)C)CC(=O)O3)C21. The van der Waals surface area contributed by atoms with Gasteiger partial charge < -0.3 is 13.9 Å². The van der Waals surface area contributed by atoms with Crippen molar-refractivity contribution in [1.29, 1.82) is 0 Å². The number of esters is 2. The molecule has 1 heterocycles. The maximum Gasteiger partial charge on any atom is 0.311 e. The second kappa shape index (κ2) is 11.4. The number of hydrogen-bond donors (Lipinski definition) is 0. The number of carbonyl (C=O) groups excluding carboxylic acids is 2. The molecular weight excluding hydrogens is 480 g/mol. The van der Waals surface area contributed by atoms with Crippen molar-refractivity contribution < 1.29 is 23.5 Å². The van der Waals surface area contributed by atoms with Gasteiger partial charge in [-0.2, -0.15) is 0 Å². The molecular formula is C31H52O5Si. The van der Waals surface area contributed by atoms with Crippen LogP contribution < -0.4 is 0 Å². The van der Waals surface area contributed by atoms with Crippen molar-refractivity contribution in [3.05, 3.63) is 23.8 Å². The first-order valence-corrected chi connectivity index (χ1v) is 17.4. The summed E-state index contributed by atoms with van der Waals surface area (Å²) in [7, 11) is -1.96. The Bertz CT molecular complexity index is 896. The quantitative estimate of drug-likeness (QED) is 0.238. The molecule has 0 aromatic rings. The van der Waals surface area contributed by atoms with E-state index in [4.69, 9.17) is 13.9 Å². The van der Waals surface area contributed by atoms with Gasteiger partial charge in [-0.25, -0.2) is 0 Å². The minimum atomic E-state index is -1.96. The van der Waals surface area contributed by atoms with Gasteiger partial charge in [0.2, 0.25) is 0 Å². The third kappa shape index (κ3) is 7.17. The van der Waals surface area contributed by atoms with Gasteiger partial charge in [0.1, 0.15) is 12.2 Å². The number of allylic oxidation sites excluding steroid dienone is 3. The zero-order chi connectivity index (χ0) is 27.8. The lowest BCUT2D eigenvalue weighted by molar-refractivity contribution is -0.165. The van der Waals surface area contributed by atoms with E-state index in [2.05, 4.69) is 65.9 Å². The molecule has 0 aromatic carbocycles. The molecule has 7 atom stereocenters. The van der Waals surface area contributed by atoms with Crippen molar-refractivity contribution in [2.75, 3.05) is 0 Å². The largest absolute Gasteiger partial charge is 0.462 e. The van der Waals surface area contributed by atoms with Gasteiger partial charge in [-0.3, -0.25) is 9.59 Å². The van der Waals surface area contributed by atoms with Crippen LogP contribution in [0.5, 0.6) is 0 Å². The number of ether oxygens (including phenoxy) is 2. The van der Waals surface area contributed by atoms with E-state index in [1.807, 2.05) is 20.8 Å². The standard InChI is InChI=1S/C31H52O5Si/c1-11-31(7,8)29(33)35-26-17-20(2)16-22-13-12-21(3)25(28(22)26)15-14-23-18-24(19-27(32)34-23)36-37(9,10)30(4,5)6/h12-13,16,20-21,23-26,28H,11,14-15,17-19H2,1-10H3. The van der Waals surface area contributed by atoms with Gasteiger partial charge in [0.15, 0.2) is 8.32 Å². The Kier molecular flexibility index (Phi) is 9.27. The van der Waals surface area contributed by atoms with Gasteiger partial charge in [-0.1, -0.05) is 59.8 Å². The maximum atomic E-state index is 13.1. The Labute approximate surface area is 226 Å². The highest BCUT2D eigenvalue weighted by molar-refractivity contribution is 6.74. The van der Waals surface area contributed by atoms with Crippen LogP contribution in [0.4, 0.5) is 0 Å². The lowest BCUT2D eigenvalue weighted by atomic mass is 9.65. The normalized spacial score (nSPS) is 32.9. The van der Waals surface area contributed by atoms with Crippen LogP contribution >= 0.6 is 0 Å². The van der Waals surface area contributed by atoms with Gasteiger partial charge in [0.25, 0.3) is 0 Å². The molecule has 7 unspecified atom stereocenters. The Morgan fingerprint density at radius 1 is 1.11 bits per heavy atom. The van der Waals surface area contributed by atoms with Crippen molar-refractivity contribution in [3.8, 4) is 0 Å². The predicted octanol–water partition coefficient (Wildman–Crippen LogP) is 7.62. The summed E-state index contributed by atoms with van der Waals surface area (Å²) in [5, 5.41) is 0.105. The molecule has 2 aliphatic carbocycles. The molecule has 3 rings (SSSR count). The Morgan fingerprint density at radius 2 is 1.78 bits per heavy atom. The first kappa shape index (κ1) is 30.1. The molecule has 0 radical (unpaired) electrons. The van der Waals surface area contributed by atoms with Crippen LogP contribution in [0.15, 0.2) is 23.8 Å². The fourth-order valence-electron chi connectivity index (χ4n) is 5.75. The molecule has 0 aromatic heterocycles. The molecule has 1 fully saturated rings. The lowest BCUT2D eigenvalue weighted by Crippen LogP contribution is -2.47. The smallest absolute Gasteiger partial charge is 0.311 e. The average Bonchev–Trinajstić information content (AvgIpc) is 2.77. The summed E-state index contributed by atoms with van der Waals surface area (Å²) in [6, 6.07) is 0. The van der Waals surface area contributed by atoms with E-state index in [-0.39, 0.29) is 41.2 Å². The minimum Gasteiger partial charge on any atom is -0.462 e. The van der Waals surface area contributed by atoms with Crippen molar-refractivity contribution in [1.82, 2.24) is 0 Å². The van der Waals surface area contributed by atoms with E-state index in [1.54, 1.807) is 0 Å². The highest BCUT2D eigenvalue weighted by Gasteiger charge is 2.44. The van der Waals surface area contributed by atoms with Crippen LogP contribution in [-0.4, -0.2) is 38.6 Å². The molecule has 0 bridgehead atoms. The molecule has 0 spiro atoms. The molecule has 37 heavy (non-hydrogen) atoms. The summed E-state index contributed by atoms with van der Waals surface area (Å²) in [4.78, 5) is 25.6. The molecule has 5 nitrogen and oxygen atoms in total. The number of hydrogen-bond acceptors (Lipinski definition) is 5. The van der Waals surface area contributed by atoms with Crippen molar-refractivity contribution >= 4 is 20.3 Å². The van der Waals surface area contributed by atoms with E-state index in [1.165, 1.54) is 5.57 Å². The van der Waals surface area contributed by atoms with E-state index in [0.29, 0.717) is 24.2 Å². The van der Waals surface area contributed by atoms with E-state index in [0.717, 1.165) is 32.1 Å². The van der Waals surface area contributed by atoms with Crippen molar-refractivity contribution in [2.24, 2.45) is 29.1 Å². The summed E-state index contributed by atoms with van der Waals surface area (Å²) >= 11 is 0. The molecule has 210 valence electrons. The van der Waals surface area contributed by atoms with Gasteiger partial charge >= 0.3 is 11.9 Å². The van der Waals surface area contributed by atoms with Crippen LogP contribution in [0.25, 0.3) is 0 Å². The van der Waals surface area contributed by atoms with E-state index >= 15 is 0 Å². The number of fused-ring (bicyclic) bond motifs is 1. The molecule has 6 heteroatoms. The van der Waals surface area contributed by atoms with Crippen LogP contribution in [-0.2, 0) is 23.5 Å². The third-order valence-electron chi connectivity index (χ3n) is 9.60. The molecule has 1 aliphatic heterocycles. The molecule has 3 aliphatic rings. The van der Waals surface area contributed by atoms with Gasteiger partial charge in [-0.15, -0.1) is 0 Å². The van der Waals surface area contributed by atoms with Crippen LogP contribution in [0.1, 0.15) is 93.9 Å². The zero-order valence-electron chi connectivity index (χ0n) is 25.1. The second-order valence-corrected chi connectivity index (χ2v) is 18.9. The first-order chi connectivity index (χ1) is 17.0. The molecule has 0 N–H and O–H groups in total. The fraction of sp³-hybridized carbons (Fsp3) is 0.806. The number of rotatable bonds is 8. The summed E-state index contributed by atoms with van der Waals surface area (Å²) in [6.07, 6.45) is 11.1. The number of carbonyl (C=O) groups is 2. The molecule has 0 saturated carbocycles. The second-order valence-electron chi connectivity index (χ2n) is 14.1. The highest BCUT2D eigenvalue weighted by Crippen LogP contribution is 2.46. The van der Waals surface area contributed by atoms with E-state index < -0.39 is 13.7 Å². The molecule has 1 saturated heterocycles. The topological polar surface area (TPSA) is 61.8 Å². The summed E-state index contributed by atoms with van der Waals surface area (Å²) in [6.45, 7) is 21.6. The Hall–Kier alpha value is -1.40. The van der Waals surface area contributed by atoms with Gasteiger partial charge in [0.05, 0.1) is 17.9 Å². The fourth-order valence-corrected chi connectivity index (χ4v) is 7.11. The van der Waals surface area contributed by atoms with Crippen molar-refractivity contribution in [2.45, 2.75) is 130 Å². The maximum absolute atomic E-state index is 13.1. The van der Waals surface area contributed by atoms with Crippen LogP contribution in [0.2, 0.25) is 18.1 Å². The third-order valence-corrected chi connectivity index (χ3v) is 14.1. The lowest BCUT2D eigenvalue weighted by Gasteiger charge is -2.44. The Morgan fingerprint density at radius 3 is 2.41 bits per heavy atom. The van der Waals surface area contributed by atoms with Crippen LogP contribution in [0, 0.1) is 29.1 Å². The van der Waals surface area contributed by atoms with Crippen molar-refractivity contribution in [3.63, 3.8) is 0 Å². The molecule has 0 amide bonds. The van der Waals surface area contributed by atoms with E-state index in [9.17, 15) is 9.59 Å². The average molecular weight is 533 g/mol. The van der Waals surface area contributed by atoms with Crippen LogP contribution in [0.3, 0.4) is 0 Å². The first-order valence-electron chi connectivity index (χ1n) is 14.5. The monoisotopic (exact) mass is 532 g/mol. The van der Waals surface area contributed by atoms with Gasteiger partial charge in [-0.05, 0) is 81.0 Å². The minimum absolute atomic E-state index is 0.0632. The number of cyclic esters (lactones) is 1. The summed E-state index contributed by atoms with van der Waals surface area (Å²) in [5.41, 5.74) is 0.819. The zero-order valence-corrected chi connectivity index (χ0v) is 26.1.